The third-order valence-corrected chi connectivity index (χ3v) is 11.3. The topological polar surface area (TPSA) is 107 Å². The Balaban J connectivity index is 4.50. The summed E-state index contributed by atoms with van der Waals surface area (Å²) in [5, 5.41) is 11.7. The van der Waals surface area contributed by atoms with E-state index in [0.717, 1.165) is 90.3 Å². The average molecular weight is 818 g/mol. The number of carbonyl (C=O) groups is 2. The highest BCUT2D eigenvalue weighted by atomic mass is 16.5. The van der Waals surface area contributed by atoms with E-state index in [0.29, 0.717) is 32.0 Å². The van der Waals surface area contributed by atoms with Crippen LogP contribution in [-0.4, -0.2) is 80.7 Å². The van der Waals surface area contributed by atoms with Crippen LogP contribution in [0.2, 0.25) is 0 Å². The molecule has 0 saturated heterocycles. The molecule has 0 saturated carbocycles. The number of aliphatic imine (C=N–C) groups is 1. The zero-order chi connectivity index (χ0) is 42.6. The highest BCUT2D eigenvalue weighted by Gasteiger charge is 2.14. The van der Waals surface area contributed by atoms with Crippen LogP contribution in [0.5, 0.6) is 0 Å². The van der Waals surface area contributed by atoms with Crippen LogP contribution in [0.15, 0.2) is 4.99 Å². The fourth-order valence-electron chi connectivity index (χ4n) is 7.56. The van der Waals surface area contributed by atoms with Crippen LogP contribution < -0.4 is 5.32 Å². The zero-order valence-corrected chi connectivity index (χ0v) is 39.1. The van der Waals surface area contributed by atoms with E-state index in [4.69, 9.17) is 14.7 Å². The number of hydrogen-bond acceptors (Lipinski definition) is 7. The lowest BCUT2D eigenvalue weighted by Gasteiger charge is -2.22. The van der Waals surface area contributed by atoms with Crippen molar-refractivity contribution in [2.45, 2.75) is 245 Å². The summed E-state index contributed by atoms with van der Waals surface area (Å²) in [7, 11) is 3.79. The third-order valence-electron chi connectivity index (χ3n) is 11.3. The van der Waals surface area contributed by atoms with Crippen molar-refractivity contribution in [1.29, 1.82) is 5.26 Å². The lowest BCUT2D eigenvalue weighted by molar-refractivity contribution is -0.150. The van der Waals surface area contributed by atoms with E-state index < -0.39 is 0 Å². The van der Waals surface area contributed by atoms with Crippen LogP contribution in [0.3, 0.4) is 0 Å². The first kappa shape index (κ1) is 55.7. The summed E-state index contributed by atoms with van der Waals surface area (Å²) in [5.41, 5.74) is 0. The highest BCUT2D eigenvalue weighted by Crippen LogP contribution is 2.19. The standard InChI is InChI=1S/C49H95N5O4/c1-6-9-12-15-18-23-30-38-47(55)57-44-34-27-20-26-33-42-54(43-35-40-51-49(52-45-50)53(4)5)41-32-25-19-24-31-39-48(56)58-46(36-28-21-16-13-10-7-2)37-29-22-17-14-11-8-3/h46H,6-44H2,1-5H3,(H,51,52). The molecule has 0 aromatic carbocycles. The van der Waals surface area contributed by atoms with Crippen molar-refractivity contribution in [1.82, 2.24) is 15.1 Å². The summed E-state index contributed by atoms with van der Waals surface area (Å²) in [6.45, 7) is 11.2. The number of esters is 2. The van der Waals surface area contributed by atoms with Crippen LogP contribution in [0.4, 0.5) is 0 Å². The summed E-state index contributed by atoms with van der Waals surface area (Å²) in [6, 6.07) is 0. The Bertz CT molecular complexity index is 969. The first-order valence-corrected chi connectivity index (χ1v) is 24.8. The third kappa shape index (κ3) is 39.1. The van der Waals surface area contributed by atoms with Crippen LogP contribution in [0.25, 0.3) is 0 Å². The van der Waals surface area contributed by atoms with Gasteiger partial charge in [0.2, 0.25) is 5.96 Å². The van der Waals surface area contributed by atoms with Crippen LogP contribution in [-0.2, 0) is 19.1 Å². The summed E-state index contributed by atoms with van der Waals surface area (Å²) in [4.78, 5) is 33.9. The van der Waals surface area contributed by atoms with Gasteiger partial charge in [-0.15, -0.1) is 0 Å². The Morgan fingerprint density at radius 1 is 0.552 bits per heavy atom. The van der Waals surface area contributed by atoms with E-state index in [9.17, 15) is 9.59 Å². The molecule has 0 rings (SSSR count). The highest BCUT2D eigenvalue weighted by molar-refractivity contribution is 5.80. The first-order chi connectivity index (χ1) is 28.4. The summed E-state index contributed by atoms with van der Waals surface area (Å²) in [5.74, 6) is 0.587. The number of hydrogen-bond donors (Lipinski definition) is 1. The Morgan fingerprint density at radius 2 is 0.966 bits per heavy atom. The van der Waals surface area contributed by atoms with E-state index in [1.807, 2.05) is 25.2 Å². The van der Waals surface area contributed by atoms with Crippen LogP contribution in [0.1, 0.15) is 239 Å². The van der Waals surface area contributed by atoms with Crippen LogP contribution >= 0.6 is 0 Å². The zero-order valence-electron chi connectivity index (χ0n) is 39.1. The quantitative estimate of drug-likeness (QED) is 0.0162. The molecule has 9 heteroatoms. The number of carbonyl (C=O) groups excluding carboxylic acids is 2. The molecule has 0 amide bonds. The van der Waals surface area contributed by atoms with E-state index >= 15 is 0 Å². The summed E-state index contributed by atoms with van der Waals surface area (Å²) >= 11 is 0. The second-order valence-electron chi connectivity index (χ2n) is 17.1. The Labute approximate surface area is 359 Å². The normalized spacial score (nSPS) is 11.7. The molecule has 58 heavy (non-hydrogen) atoms. The van der Waals surface area contributed by atoms with Gasteiger partial charge in [-0.25, -0.2) is 0 Å². The molecule has 0 aromatic heterocycles. The monoisotopic (exact) mass is 818 g/mol. The van der Waals surface area contributed by atoms with Gasteiger partial charge in [-0.2, -0.15) is 5.26 Å². The maximum absolute atomic E-state index is 12.8. The molecule has 0 aliphatic heterocycles. The molecule has 0 aromatic rings. The predicted octanol–water partition coefficient (Wildman–Crippen LogP) is 13.1. The second kappa shape index (κ2) is 44.2. The lowest BCUT2D eigenvalue weighted by atomic mass is 10.0. The molecule has 9 nitrogen and oxygen atoms in total. The van der Waals surface area contributed by atoms with Gasteiger partial charge in [-0.1, -0.05) is 162 Å². The van der Waals surface area contributed by atoms with Gasteiger partial charge in [-0.3, -0.25) is 19.9 Å². The molecule has 1 N–H and O–H groups in total. The summed E-state index contributed by atoms with van der Waals surface area (Å²) < 4.78 is 11.6. The molecule has 0 unspecified atom stereocenters. The minimum absolute atomic E-state index is 0.0120. The number of rotatable bonds is 43. The largest absolute Gasteiger partial charge is 0.466 e. The van der Waals surface area contributed by atoms with Gasteiger partial charge in [0.15, 0.2) is 6.19 Å². The molecule has 0 fully saturated rings. The number of ether oxygens (including phenoxy) is 2. The Morgan fingerprint density at radius 3 is 1.45 bits per heavy atom. The van der Waals surface area contributed by atoms with Crippen molar-refractivity contribution in [3.05, 3.63) is 0 Å². The van der Waals surface area contributed by atoms with E-state index in [2.05, 4.69) is 36.0 Å². The number of unbranched alkanes of at least 4 members (excludes halogenated alkanes) is 24. The van der Waals surface area contributed by atoms with Gasteiger partial charge in [0.1, 0.15) is 6.10 Å². The molecule has 0 aliphatic rings. The van der Waals surface area contributed by atoms with Gasteiger partial charge < -0.3 is 19.3 Å². The molecule has 0 radical (unpaired) electrons. The van der Waals surface area contributed by atoms with Crippen molar-refractivity contribution in [3.8, 4) is 6.19 Å². The van der Waals surface area contributed by atoms with Gasteiger partial charge in [0, 0.05) is 33.5 Å². The molecular weight excluding hydrogens is 723 g/mol. The Hall–Kier alpha value is -2.34. The molecule has 0 heterocycles. The van der Waals surface area contributed by atoms with Crippen molar-refractivity contribution in [2.75, 3.05) is 46.9 Å². The fourth-order valence-corrected chi connectivity index (χ4v) is 7.56. The van der Waals surface area contributed by atoms with E-state index in [1.165, 1.54) is 135 Å². The number of nitriles is 1. The fraction of sp³-hybridized carbons (Fsp3) is 0.918. The van der Waals surface area contributed by atoms with Crippen molar-refractivity contribution >= 4 is 17.9 Å². The maximum Gasteiger partial charge on any atom is 0.306 e. The van der Waals surface area contributed by atoms with E-state index in [1.54, 1.807) is 0 Å². The van der Waals surface area contributed by atoms with Gasteiger partial charge in [-0.05, 0) is 83.8 Å². The predicted molar refractivity (Wildman–Crippen MR) is 246 cm³/mol. The van der Waals surface area contributed by atoms with Crippen LogP contribution in [0, 0.1) is 11.5 Å². The summed E-state index contributed by atoms with van der Waals surface area (Å²) in [6.07, 6.45) is 41.1. The van der Waals surface area contributed by atoms with E-state index in [-0.39, 0.29) is 18.0 Å². The molecule has 0 atom stereocenters. The molecule has 0 bridgehead atoms. The molecule has 340 valence electrons. The van der Waals surface area contributed by atoms with Gasteiger partial charge in [0.25, 0.3) is 0 Å². The first-order valence-electron chi connectivity index (χ1n) is 24.8. The molecule has 0 aliphatic carbocycles. The maximum atomic E-state index is 12.8. The van der Waals surface area contributed by atoms with Gasteiger partial charge >= 0.3 is 11.9 Å². The van der Waals surface area contributed by atoms with Gasteiger partial charge in [0.05, 0.1) is 6.61 Å². The minimum atomic E-state index is -0.0292. The smallest absolute Gasteiger partial charge is 0.306 e. The molecule has 0 spiro atoms. The number of guanidine groups is 1. The SMILES string of the molecule is CCCCCCCCCC(=O)OCCCCCCCN(CCCCCCCC(=O)OC(CCCCCCCC)CCCCCCCC)CCCN=C(NC#N)N(C)C. The Kier molecular flexibility index (Phi) is 42.4. The number of nitrogens with zero attached hydrogens (tertiary/aromatic N) is 4. The van der Waals surface area contributed by atoms with Crippen molar-refractivity contribution < 1.29 is 19.1 Å². The minimum Gasteiger partial charge on any atom is -0.466 e. The second-order valence-corrected chi connectivity index (χ2v) is 17.1. The van der Waals surface area contributed by atoms with Crippen molar-refractivity contribution in [3.63, 3.8) is 0 Å². The number of nitrogens with one attached hydrogen (secondary N) is 1. The molecular formula is C49H95N5O4. The average Bonchev–Trinajstić information content (AvgIpc) is 3.21. The lowest BCUT2D eigenvalue weighted by Crippen LogP contribution is -2.34. The van der Waals surface area contributed by atoms with Crippen molar-refractivity contribution in [2.24, 2.45) is 4.99 Å².